The lowest BCUT2D eigenvalue weighted by Gasteiger charge is -2.34. The molecule has 0 saturated heterocycles. The topological polar surface area (TPSA) is 77.0 Å². The van der Waals surface area contributed by atoms with Gasteiger partial charge in [-0.2, -0.15) is 0 Å². The second-order valence-corrected chi connectivity index (χ2v) is 6.91. The standard InChI is InChI=1S/C14H22N4O/c1-13(2,3)8-14(4,5)16-10-7-6-9(15)11-12(10)18-19-17-11/h6-7,16H,8,15H2,1-5H3. The van der Waals surface area contributed by atoms with Crippen LogP contribution >= 0.6 is 0 Å². The predicted octanol–water partition coefficient (Wildman–Crippen LogP) is 3.43. The van der Waals surface area contributed by atoms with Gasteiger partial charge in [0.2, 0.25) is 0 Å². The van der Waals surface area contributed by atoms with E-state index < -0.39 is 0 Å². The summed E-state index contributed by atoms with van der Waals surface area (Å²) >= 11 is 0. The lowest BCUT2D eigenvalue weighted by atomic mass is 9.81. The van der Waals surface area contributed by atoms with Crippen molar-refractivity contribution in [2.75, 3.05) is 11.1 Å². The molecule has 1 aromatic heterocycles. The summed E-state index contributed by atoms with van der Waals surface area (Å²) in [5, 5.41) is 11.3. The van der Waals surface area contributed by atoms with Crippen LogP contribution in [0.5, 0.6) is 0 Å². The van der Waals surface area contributed by atoms with Gasteiger partial charge in [-0.15, -0.1) is 0 Å². The molecule has 0 spiro atoms. The summed E-state index contributed by atoms with van der Waals surface area (Å²) in [5.74, 6) is 0. The van der Waals surface area contributed by atoms with E-state index in [1.54, 1.807) is 0 Å². The highest BCUT2D eigenvalue weighted by Gasteiger charge is 2.26. The normalized spacial score (nSPS) is 12.9. The third-order valence-electron chi connectivity index (χ3n) is 2.89. The Morgan fingerprint density at radius 1 is 1.11 bits per heavy atom. The minimum absolute atomic E-state index is 0.0553. The van der Waals surface area contributed by atoms with Crippen LogP contribution in [0.3, 0.4) is 0 Å². The van der Waals surface area contributed by atoms with E-state index in [1.165, 1.54) is 0 Å². The van der Waals surface area contributed by atoms with Gasteiger partial charge in [0, 0.05) is 5.54 Å². The van der Waals surface area contributed by atoms with Crippen LogP contribution in [0.15, 0.2) is 16.8 Å². The first-order valence-electron chi connectivity index (χ1n) is 6.47. The van der Waals surface area contributed by atoms with Crippen LogP contribution in [0.25, 0.3) is 11.0 Å². The molecule has 3 N–H and O–H groups in total. The zero-order valence-corrected chi connectivity index (χ0v) is 12.2. The average molecular weight is 262 g/mol. The molecule has 0 aliphatic carbocycles. The maximum absolute atomic E-state index is 5.84. The van der Waals surface area contributed by atoms with Crippen molar-refractivity contribution in [3.8, 4) is 0 Å². The minimum atomic E-state index is -0.0553. The maximum Gasteiger partial charge on any atom is 0.160 e. The van der Waals surface area contributed by atoms with Gasteiger partial charge < -0.3 is 11.1 Å². The number of rotatable bonds is 3. The first-order chi connectivity index (χ1) is 8.68. The fourth-order valence-corrected chi connectivity index (χ4v) is 2.72. The van der Waals surface area contributed by atoms with Crippen molar-refractivity contribution in [2.24, 2.45) is 5.41 Å². The van der Waals surface area contributed by atoms with Gasteiger partial charge in [-0.3, -0.25) is 0 Å². The van der Waals surface area contributed by atoms with Crippen LogP contribution in [0.4, 0.5) is 11.4 Å². The van der Waals surface area contributed by atoms with Gasteiger partial charge in [-0.1, -0.05) is 20.8 Å². The zero-order chi connectivity index (χ0) is 14.3. The summed E-state index contributed by atoms with van der Waals surface area (Å²) in [4.78, 5) is 0. The van der Waals surface area contributed by atoms with Crippen molar-refractivity contribution in [1.29, 1.82) is 0 Å². The second-order valence-electron chi connectivity index (χ2n) is 6.91. The number of hydrogen-bond donors (Lipinski definition) is 2. The smallest absolute Gasteiger partial charge is 0.160 e. The van der Waals surface area contributed by atoms with Gasteiger partial charge in [-0.25, -0.2) is 4.63 Å². The summed E-state index contributed by atoms with van der Waals surface area (Å²) in [5.41, 5.74) is 8.80. The van der Waals surface area contributed by atoms with Gasteiger partial charge in [0.05, 0.1) is 11.4 Å². The molecule has 0 fully saturated rings. The number of nitrogens with two attached hydrogens (primary N) is 1. The van der Waals surface area contributed by atoms with Crippen LogP contribution in [0.1, 0.15) is 41.0 Å². The Hall–Kier alpha value is -1.78. The molecular weight excluding hydrogens is 240 g/mol. The maximum atomic E-state index is 5.84. The number of nitrogens with one attached hydrogen (secondary N) is 1. The highest BCUT2D eigenvalue weighted by atomic mass is 16.6. The van der Waals surface area contributed by atoms with E-state index >= 15 is 0 Å². The number of nitrogen functional groups attached to an aromatic ring is 1. The van der Waals surface area contributed by atoms with Crippen molar-refractivity contribution in [3.05, 3.63) is 12.1 Å². The van der Waals surface area contributed by atoms with Gasteiger partial charge in [0.15, 0.2) is 11.0 Å². The molecule has 0 bridgehead atoms. The number of nitrogens with zero attached hydrogens (tertiary/aromatic N) is 2. The SMILES string of the molecule is CC(C)(C)CC(C)(C)Nc1ccc(N)c2nonc12. The minimum Gasteiger partial charge on any atom is -0.397 e. The van der Waals surface area contributed by atoms with Gasteiger partial charge >= 0.3 is 0 Å². The van der Waals surface area contributed by atoms with Gasteiger partial charge in [0.1, 0.15) is 0 Å². The molecule has 1 aromatic carbocycles. The van der Waals surface area contributed by atoms with Crippen LogP contribution in [-0.2, 0) is 0 Å². The van der Waals surface area contributed by atoms with E-state index in [1.807, 2.05) is 12.1 Å². The number of benzene rings is 1. The fourth-order valence-electron chi connectivity index (χ4n) is 2.72. The van der Waals surface area contributed by atoms with Crippen molar-refractivity contribution in [3.63, 3.8) is 0 Å². The molecule has 0 aliphatic rings. The average Bonchev–Trinajstić information content (AvgIpc) is 2.68. The van der Waals surface area contributed by atoms with Gasteiger partial charge in [-0.05, 0) is 48.1 Å². The molecule has 5 nitrogen and oxygen atoms in total. The largest absolute Gasteiger partial charge is 0.397 e. The summed E-state index contributed by atoms with van der Waals surface area (Å²) in [7, 11) is 0. The first kappa shape index (κ1) is 13.6. The predicted molar refractivity (Wildman–Crippen MR) is 78.0 cm³/mol. The molecule has 1 heterocycles. The van der Waals surface area contributed by atoms with Gasteiger partial charge in [0.25, 0.3) is 0 Å². The lowest BCUT2D eigenvalue weighted by Crippen LogP contribution is -2.35. The summed E-state index contributed by atoms with van der Waals surface area (Å²) in [6.45, 7) is 11.0. The molecule has 2 rings (SSSR count). The highest BCUT2D eigenvalue weighted by molar-refractivity contribution is 5.95. The molecule has 0 unspecified atom stereocenters. The number of hydrogen-bond acceptors (Lipinski definition) is 5. The number of fused-ring (bicyclic) bond motifs is 1. The summed E-state index contributed by atoms with van der Waals surface area (Å²) < 4.78 is 4.78. The zero-order valence-electron chi connectivity index (χ0n) is 12.2. The third kappa shape index (κ3) is 3.16. The molecule has 0 atom stereocenters. The molecule has 0 radical (unpaired) electrons. The third-order valence-corrected chi connectivity index (χ3v) is 2.89. The van der Waals surface area contributed by atoms with Crippen molar-refractivity contribution >= 4 is 22.4 Å². The Kier molecular flexibility index (Phi) is 3.16. The Balaban J connectivity index is 2.31. The highest BCUT2D eigenvalue weighted by Crippen LogP contribution is 2.32. The summed E-state index contributed by atoms with van der Waals surface area (Å²) in [6.07, 6.45) is 1.02. The van der Waals surface area contributed by atoms with Crippen molar-refractivity contribution in [1.82, 2.24) is 10.3 Å². The van der Waals surface area contributed by atoms with Crippen molar-refractivity contribution in [2.45, 2.75) is 46.6 Å². The molecule has 104 valence electrons. The Bertz CT molecular complexity index is 581. The second kappa shape index (κ2) is 4.40. The van der Waals surface area contributed by atoms with E-state index in [0.29, 0.717) is 16.7 Å². The Morgan fingerprint density at radius 2 is 1.74 bits per heavy atom. The molecule has 0 saturated carbocycles. The molecule has 0 amide bonds. The van der Waals surface area contributed by atoms with Crippen LogP contribution in [0.2, 0.25) is 0 Å². The molecule has 0 aliphatic heterocycles. The first-order valence-corrected chi connectivity index (χ1v) is 6.47. The number of aromatic nitrogens is 2. The molecular formula is C14H22N4O. The lowest BCUT2D eigenvalue weighted by molar-refractivity contribution is 0.302. The summed E-state index contributed by atoms with van der Waals surface area (Å²) in [6, 6.07) is 3.74. The molecule has 19 heavy (non-hydrogen) atoms. The van der Waals surface area contributed by atoms with Crippen LogP contribution in [-0.4, -0.2) is 15.9 Å². The van der Waals surface area contributed by atoms with Crippen molar-refractivity contribution < 1.29 is 4.63 Å². The molecule has 5 heteroatoms. The fraction of sp³-hybridized carbons (Fsp3) is 0.571. The quantitative estimate of drug-likeness (QED) is 0.829. The van der Waals surface area contributed by atoms with Crippen LogP contribution < -0.4 is 11.1 Å². The van der Waals surface area contributed by atoms with E-state index in [0.717, 1.165) is 12.1 Å². The van der Waals surface area contributed by atoms with E-state index in [-0.39, 0.29) is 11.0 Å². The Morgan fingerprint density at radius 3 is 2.37 bits per heavy atom. The number of anilines is 2. The Labute approximate surface area is 113 Å². The molecule has 2 aromatic rings. The van der Waals surface area contributed by atoms with E-state index in [2.05, 4.69) is 50.2 Å². The van der Waals surface area contributed by atoms with Crippen LogP contribution in [0, 0.1) is 5.41 Å². The van der Waals surface area contributed by atoms with E-state index in [9.17, 15) is 0 Å². The van der Waals surface area contributed by atoms with E-state index in [4.69, 9.17) is 10.4 Å². The monoisotopic (exact) mass is 262 g/mol.